The van der Waals surface area contributed by atoms with Gasteiger partial charge < -0.3 is 10.6 Å². The van der Waals surface area contributed by atoms with E-state index in [0.717, 1.165) is 6.54 Å². The number of hydrogen-bond donors (Lipinski definition) is 1. The van der Waals surface area contributed by atoms with Crippen LogP contribution in [0, 0.1) is 0 Å². The van der Waals surface area contributed by atoms with Gasteiger partial charge in [0.05, 0.1) is 11.0 Å². The predicted octanol–water partition coefficient (Wildman–Crippen LogP) is 0.687. The standard InChI is InChI=1S/C10H21N3S/c1-8(10(11)14)13(3)9-5-4-6-12(2)7-9/h8-9H,4-7H2,1-3H3,(H2,11,14). The molecule has 3 nitrogen and oxygen atoms in total. The molecule has 2 N–H and O–H groups in total. The third-order valence-corrected chi connectivity index (χ3v) is 3.54. The van der Waals surface area contributed by atoms with E-state index < -0.39 is 0 Å². The number of hydrogen-bond acceptors (Lipinski definition) is 3. The Morgan fingerprint density at radius 3 is 2.79 bits per heavy atom. The maximum Gasteiger partial charge on any atom is 0.0899 e. The third kappa shape index (κ3) is 2.90. The summed E-state index contributed by atoms with van der Waals surface area (Å²) in [6, 6.07) is 0.812. The molecule has 1 saturated heterocycles. The van der Waals surface area contributed by atoms with Crippen molar-refractivity contribution in [1.29, 1.82) is 0 Å². The second-order valence-electron chi connectivity index (χ2n) is 4.30. The Labute approximate surface area is 92.2 Å². The minimum atomic E-state index is 0.210. The van der Waals surface area contributed by atoms with Gasteiger partial charge in [0.1, 0.15) is 0 Å². The molecule has 82 valence electrons. The van der Waals surface area contributed by atoms with Crippen LogP contribution in [0.2, 0.25) is 0 Å². The number of nitrogens with zero attached hydrogens (tertiary/aromatic N) is 2. The van der Waals surface area contributed by atoms with Gasteiger partial charge in [-0.25, -0.2) is 0 Å². The minimum Gasteiger partial charge on any atom is -0.392 e. The highest BCUT2D eigenvalue weighted by atomic mass is 32.1. The van der Waals surface area contributed by atoms with Crippen molar-refractivity contribution in [2.45, 2.75) is 31.8 Å². The Morgan fingerprint density at radius 2 is 2.29 bits per heavy atom. The lowest BCUT2D eigenvalue weighted by molar-refractivity contribution is 0.125. The molecule has 0 aromatic carbocycles. The zero-order chi connectivity index (χ0) is 10.7. The predicted molar refractivity (Wildman–Crippen MR) is 64.5 cm³/mol. The lowest BCUT2D eigenvalue weighted by Crippen LogP contribution is -2.51. The normalized spacial score (nSPS) is 26.4. The molecule has 1 rings (SSSR count). The van der Waals surface area contributed by atoms with Crippen LogP contribution < -0.4 is 5.73 Å². The SMILES string of the molecule is CC(C(N)=S)N(C)C1CCCN(C)C1. The minimum absolute atomic E-state index is 0.210. The molecule has 2 atom stereocenters. The van der Waals surface area contributed by atoms with Crippen LogP contribution in [-0.2, 0) is 0 Å². The van der Waals surface area contributed by atoms with Crippen LogP contribution in [-0.4, -0.2) is 54.1 Å². The van der Waals surface area contributed by atoms with E-state index in [1.54, 1.807) is 0 Å². The van der Waals surface area contributed by atoms with Crippen molar-refractivity contribution >= 4 is 17.2 Å². The Kier molecular flexibility index (Phi) is 4.29. The van der Waals surface area contributed by atoms with E-state index in [1.807, 2.05) is 0 Å². The van der Waals surface area contributed by atoms with Crippen molar-refractivity contribution in [1.82, 2.24) is 9.80 Å². The molecule has 0 aromatic heterocycles. The molecule has 0 bridgehead atoms. The summed E-state index contributed by atoms with van der Waals surface area (Å²) in [6.45, 7) is 4.42. The Hall–Kier alpha value is -0.190. The van der Waals surface area contributed by atoms with Gasteiger partial charge in [-0.15, -0.1) is 0 Å². The Balaban J connectivity index is 2.50. The number of piperidine rings is 1. The molecular weight excluding hydrogens is 194 g/mol. The van der Waals surface area contributed by atoms with E-state index in [1.165, 1.54) is 19.4 Å². The Morgan fingerprint density at radius 1 is 1.64 bits per heavy atom. The first-order chi connectivity index (χ1) is 6.52. The smallest absolute Gasteiger partial charge is 0.0899 e. The summed E-state index contributed by atoms with van der Waals surface area (Å²) in [5.41, 5.74) is 5.65. The summed E-state index contributed by atoms with van der Waals surface area (Å²) in [7, 11) is 4.29. The summed E-state index contributed by atoms with van der Waals surface area (Å²) < 4.78 is 0. The molecule has 0 radical (unpaired) electrons. The van der Waals surface area contributed by atoms with Gasteiger partial charge >= 0.3 is 0 Å². The van der Waals surface area contributed by atoms with E-state index in [0.29, 0.717) is 11.0 Å². The molecular formula is C10H21N3S. The van der Waals surface area contributed by atoms with Crippen molar-refractivity contribution < 1.29 is 0 Å². The van der Waals surface area contributed by atoms with Crippen LogP contribution in [0.5, 0.6) is 0 Å². The van der Waals surface area contributed by atoms with Crippen LogP contribution in [0.15, 0.2) is 0 Å². The molecule has 0 aliphatic carbocycles. The van der Waals surface area contributed by atoms with Gasteiger partial charge in [-0.1, -0.05) is 12.2 Å². The molecule has 1 heterocycles. The topological polar surface area (TPSA) is 32.5 Å². The van der Waals surface area contributed by atoms with Gasteiger partial charge in [0.2, 0.25) is 0 Å². The van der Waals surface area contributed by atoms with Crippen LogP contribution >= 0.6 is 12.2 Å². The second kappa shape index (κ2) is 5.05. The molecule has 0 saturated carbocycles. The van der Waals surface area contributed by atoms with Gasteiger partial charge in [0.15, 0.2) is 0 Å². The van der Waals surface area contributed by atoms with Gasteiger partial charge in [0, 0.05) is 12.6 Å². The van der Waals surface area contributed by atoms with E-state index in [-0.39, 0.29) is 6.04 Å². The van der Waals surface area contributed by atoms with E-state index >= 15 is 0 Å². The highest BCUT2D eigenvalue weighted by Crippen LogP contribution is 2.15. The Bertz CT molecular complexity index is 208. The van der Waals surface area contributed by atoms with Crippen LogP contribution in [0.4, 0.5) is 0 Å². The molecule has 1 aliphatic heterocycles. The number of thiocarbonyl (C=S) groups is 1. The molecule has 0 aromatic rings. The number of nitrogens with two attached hydrogens (primary N) is 1. The van der Waals surface area contributed by atoms with Gasteiger partial charge in [-0.05, 0) is 40.4 Å². The third-order valence-electron chi connectivity index (χ3n) is 3.20. The number of likely N-dealkylation sites (N-methyl/N-ethyl adjacent to an activating group) is 2. The zero-order valence-electron chi connectivity index (χ0n) is 9.36. The molecule has 2 unspecified atom stereocenters. The van der Waals surface area contributed by atoms with Crippen LogP contribution in [0.3, 0.4) is 0 Å². The average molecular weight is 215 g/mol. The molecule has 4 heteroatoms. The lowest BCUT2D eigenvalue weighted by Gasteiger charge is -2.38. The van der Waals surface area contributed by atoms with Crippen molar-refractivity contribution in [3.63, 3.8) is 0 Å². The first-order valence-corrected chi connectivity index (χ1v) is 5.63. The zero-order valence-corrected chi connectivity index (χ0v) is 10.2. The average Bonchev–Trinajstić information content (AvgIpc) is 2.15. The lowest BCUT2D eigenvalue weighted by atomic mass is 10.0. The number of likely N-dealkylation sites (tertiary alicyclic amines) is 1. The first-order valence-electron chi connectivity index (χ1n) is 5.22. The first kappa shape index (κ1) is 11.9. The molecule has 0 spiro atoms. The van der Waals surface area contributed by atoms with Gasteiger partial charge in [-0.3, -0.25) is 4.90 Å². The van der Waals surface area contributed by atoms with E-state index in [4.69, 9.17) is 18.0 Å². The molecule has 14 heavy (non-hydrogen) atoms. The molecule has 0 amide bonds. The maximum atomic E-state index is 5.65. The second-order valence-corrected chi connectivity index (χ2v) is 4.77. The molecule has 1 aliphatic rings. The van der Waals surface area contributed by atoms with E-state index in [2.05, 4.69) is 30.8 Å². The summed E-state index contributed by atoms with van der Waals surface area (Å²) in [6.07, 6.45) is 2.53. The summed E-state index contributed by atoms with van der Waals surface area (Å²) in [4.78, 5) is 5.27. The van der Waals surface area contributed by atoms with Crippen LogP contribution in [0.25, 0.3) is 0 Å². The van der Waals surface area contributed by atoms with Crippen molar-refractivity contribution in [3.05, 3.63) is 0 Å². The highest BCUT2D eigenvalue weighted by Gasteiger charge is 2.24. The fraction of sp³-hybridized carbons (Fsp3) is 0.900. The highest BCUT2D eigenvalue weighted by molar-refractivity contribution is 7.80. The van der Waals surface area contributed by atoms with Crippen molar-refractivity contribution in [2.75, 3.05) is 27.2 Å². The van der Waals surface area contributed by atoms with Crippen LogP contribution in [0.1, 0.15) is 19.8 Å². The summed E-state index contributed by atoms with van der Waals surface area (Å²) >= 11 is 5.02. The van der Waals surface area contributed by atoms with Gasteiger partial charge in [0.25, 0.3) is 0 Å². The fourth-order valence-corrected chi connectivity index (χ4v) is 2.15. The van der Waals surface area contributed by atoms with Crippen molar-refractivity contribution in [3.8, 4) is 0 Å². The number of rotatable bonds is 3. The van der Waals surface area contributed by atoms with Crippen molar-refractivity contribution in [2.24, 2.45) is 5.73 Å². The summed E-state index contributed by atoms with van der Waals surface area (Å²) in [5, 5.41) is 0. The fourth-order valence-electron chi connectivity index (χ4n) is 1.99. The quantitative estimate of drug-likeness (QED) is 0.702. The maximum absolute atomic E-state index is 5.65. The van der Waals surface area contributed by atoms with Gasteiger partial charge in [-0.2, -0.15) is 0 Å². The molecule has 1 fully saturated rings. The largest absolute Gasteiger partial charge is 0.392 e. The summed E-state index contributed by atoms with van der Waals surface area (Å²) in [5.74, 6) is 0. The van der Waals surface area contributed by atoms with E-state index in [9.17, 15) is 0 Å². The monoisotopic (exact) mass is 215 g/mol.